The Hall–Kier alpha value is -2.59. The van der Waals surface area contributed by atoms with E-state index < -0.39 is 0 Å². The van der Waals surface area contributed by atoms with E-state index in [9.17, 15) is 4.79 Å². The number of hydrogen-bond donors (Lipinski definition) is 0. The zero-order valence-electron chi connectivity index (χ0n) is 14.9. The molecular weight excluding hydrogens is 412 g/mol. The van der Waals surface area contributed by atoms with Gasteiger partial charge in [0.15, 0.2) is 4.80 Å². The number of halogens is 1. The summed E-state index contributed by atoms with van der Waals surface area (Å²) in [6.45, 7) is 2.75. The molecule has 0 spiro atoms. The molecule has 2 aromatic heterocycles. The van der Waals surface area contributed by atoms with Crippen molar-refractivity contribution in [2.24, 2.45) is 4.99 Å². The Kier molecular flexibility index (Phi) is 5.23. The number of aromatic nitrogens is 1. The Morgan fingerprint density at radius 2 is 2.00 bits per heavy atom. The molecule has 1 amide bonds. The van der Waals surface area contributed by atoms with Crippen LogP contribution in [0.3, 0.4) is 0 Å². The molecule has 0 aliphatic carbocycles. The van der Waals surface area contributed by atoms with E-state index in [0.717, 1.165) is 26.1 Å². The third kappa shape index (κ3) is 3.22. The second kappa shape index (κ2) is 7.80. The van der Waals surface area contributed by atoms with E-state index in [1.54, 1.807) is 0 Å². The van der Waals surface area contributed by atoms with Crippen LogP contribution in [0, 0.1) is 12.3 Å². The minimum Gasteiger partial charge on any atom is -0.492 e. The Morgan fingerprint density at radius 3 is 2.75 bits per heavy atom. The van der Waals surface area contributed by atoms with Crippen molar-refractivity contribution in [2.75, 3.05) is 6.61 Å². The van der Waals surface area contributed by atoms with Crippen LogP contribution in [0.4, 0.5) is 0 Å². The number of carbonyl (C=O) groups excluding carboxylic acids is 1. The predicted molar refractivity (Wildman–Crippen MR) is 117 cm³/mol. The first-order chi connectivity index (χ1) is 13.6. The molecule has 2 heterocycles. The molecule has 0 bridgehead atoms. The highest BCUT2D eigenvalue weighted by atomic mass is 35.5. The first kappa shape index (κ1) is 18.8. The Morgan fingerprint density at radius 1 is 1.21 bits per heavy atom. The maximum atomic E-state index is 12.9. The molecule has 140 valence electrons. The lowest BCUT2D eigenvalue weighted by molar-refractivity contribution is 0.100. The van der Waals surface area contributed by atoms with E-state index in [1.807, 2.05) is 54.0 Å². The topological polar surface area (TPSA) is 43.6 Å². The van der Waals surface area contributed by atoms with Crippen LogP contribution < -0.4 is 9.54 Å². The van der Waals surface area contributed by atoms with Crippen molar-refractivity contribution in [2.45, 2.75) is 13.5 Å². The van der Waals surface area contributed by atoms with Gasteiger partial charge in [0.1, 0.15) is 16.1 Å². The fourth-order valence-electron chi connectivity index (χ4n) is 2.98. The molecule has 0 fully saturated rings. The van der Waals surface area contributed by atoms with Gasteiger partial charge in [-0.25, -0.2) is 0 Å². The van der Waals surface area contributed by atoms with Crippen LogP contribution in [0.15, 0.2) is 47.5 Å². The van der Waals surface area contributed by atoms with E-state index >= 15 is 0 Å². The van der Waals surface area contributed by atoms with Gasteiger partial charge in [0, 0.05) is 10.1 Å². The monoisotopic (exact) mass is 426 g/mol. The van der Waals surface area contributed by atoms with Crippen LogP contribution in [0.25, 0.3) is 20.3 Å². The summed E-state index contributed by atoms with van der Waals surface area (Å²) in [7, 11) is 0. The molecule has 0 N–H and O–H groups in total. The zero-order valence-corrected chi connectivity index (χ0v) is 17.3. The van der Waals surface area contributed by atoms with E-state index in [4.69, 9.17) is 22.8 Å². The maximum absolute atomic E-state index is 12.9. The number of thiazole rings is 1. The molecule has 28 heavy (non-hydrogen) atoms. The number of amides is 1. The number of ether oxygens (including phenoxy) is 1. The third-order valence-corrected chi connectivity index (χ3v) is 6.85. The molecule has 0 saturated carbocycles. The lowest BCUT2D eigenvalue weighted by atomic mass is 10.2. The van der Waals surface area contributed by atoms with Crippen LogP contribution in [0.1, 0.15) is 16.6 Å². The summed E-state index contributed by atoms with van der Waals surface area (Å²) in [5.74, 6) is 2.99. The number of para-hydroxylation sites is 1. The van der Waals surface area contributed by atoms with Crippen molar-refractivity contribution in [3.8, 4) is 18.1 Å². The minimum atomic E-state index is -0.374. The third-order valence-electron chi connectivity index (χ3n) is 4.14. The van der Waals surface area contributed by atoms with Gasteiger partial charge in [-0.2, -0.15) is 4.99 Å². The number of nitrogens with zero attached hydrogens (tertiary/aromatic N) is 2. The fraction of sp³-hybridized carbons (Fsp3) is 0.143. The summed E-state index contributed by atoms with van der Waals surface area (Å²) in [5, 5.41) is 1.30. The van der Waals surface area contributed by atoms with E-state index in [0.29, 0.717) is 21.3 Å². The van der Waals surface area contributed by atoms with Crippen molar-refractivity contribution in [3.05, 3.63) is 57.2 Å². The molecule has 0 radical (unpaired) electrons. The fourth-order valence-corrected chi connectivity index (χ4v) is 5.42. The molecule has 0 aliphatic heterocycles. The number of fused-ring (bicyclic) bond motifs is 2. The van der Waals surface area contributed by atoms with Gasteiger partial charge in [0.25, 0.3) is 5.91 Å². The first-order valence-electron chi connectivity index (χ1n) is 8.58. The molecule has 2 aromatic carbocycles. The molecule has 0 saturated heterocycles. The highest BCUT2D eigenvalue weighted by Crippen LogP contribution is 2.35. The van der Waals surface area contributed by atoms with Crippen molar-refractivity contribution in [1.82, 2.24) is 4.57 Å². The molecular formula is C21H15ClN2O2S2. The predicted octanol–water partition coefficient (Wildman–Crippen LogP) is 5.34. The van der Waals surface area contributed by atoms with Gasteiger partial charge in [0.05, 0.1) is 22.9 Å². The average Bonchev–Trinajstić information content (AvgIpc) is 3.21. The maximum Gasteiger partial charge on any atom is 0.291 e. The minimum absolute atomic E-state index is 0.288. The first-order valence-corrected chi connectivity index (χ1v) is 10.6. The van der Waals surface area contributed by atoms with Crippen molar-refractivity contribution < 1.29 is 9.53 Å². The highest BCUT2D eigenvalue weighted by molar-refractivity contribution is 7.21. The number of thiophene rings is 1. The van der Waals surface area contributed by atoms with E-state index in [-0.39, 0.29) is 12.5 Å². The van der Waals surface area contributed by atoms with Crippen molar-refractivity contribution >= 4 is 60.5 Å². The molecule has 0 unspecified atom stereocenters. The van der Waals surface area contributed by atoms with Crippen LogP contribution in [-0.4, -0.2) is 17.1 Å². The Bertz CT molecular complexity index is 1310. The summed E-state index contributed by atoms with van der Waals surface area (Å²) in [5.41, 5.74) is 0.848. The smallest absolute Gasteiger partial charge is 0.291 e. The molecule has 4 rings (SSSR count). The van der Waals surface area contributed by atoms with Crippen LogP contribution in [-0.2, 0) is 6.54 Å². The SMILES string of the molecule is C#CCn1c(=NC(=O)c2sc3ccccc3c2Cl)sc2cccc(OCC)c21. The average molecular weight is 427 g/mol. The van der Waals surface area contributed by atoms with Crippen molar-refractivity contribution in [3.63, 3.8) is 0 Å². The van der Waals surface area contributed by atoms with Gasteiger partial charge in [-0.1, -0.05) is 53.1 Å². The zero-order chi connectivity index (χ0) is 19.7. The Labute approximate surface area is 174 Å². The van der Waals surface area contributed by atoms with E-state index in [2.05, 4.69) is 10.9 Å². The van der Waals surface area contributed by atoms with Crippen LogP contribution in [0.5, 0.6) is 5.75 Å². The lowest BCUT2D eigenvalue weighted by Crippen LogP contribution is -2.16. The van der Waals surface area contributed by atoms with Gasteiger partial charge in [0.2, 0.25) is 0 Å². The summed E-state index contributed by atoms with van der Waals surface area (Å²) < 4.78 is 9.49. The van der Waals surface area contributed by atoms with E-state index in [1.165, 1.54) is 22.7 Å². The van der Waals surface area contributed by atoms with Gasteiger partial charge in [-0.05, 0) is 25.1 Å². The molecule has 4 aromatic rings. The number of rotatable bonds is 4. The standard InChI is InChI=1S/C21H15ClN2O2S2/c1-3-12-24-18-14(26-4-2)9-7-11-16(18)28-21(24)23-20(25)19-17(22)13-8-5-6-10-15(13)27-19/h1,5-11H,4,12H2,2H3. The molecule has 4 nitrogen and oxygen atoms in total. The second-order valence-electron chi connectivity index (χ2n) is 5.87. The van der Waals surface area contributed by atoms with Gasteiger partial charge in [-0.15, -0.1) is 17.8 Å². The Balaban J connectivity index is 1.90. The van der Waals surface area contributed by atoms with Gasteiger partial charge >= 0.3 is 0 Å². The summed E-state index contributed by atoms with van der Waals surface area (Å²) >= 11 is 9.18. The summed E-state index contributed by atoms with van der Waals surface area (Å²) in [6.07, 6.45) is 5.57. The summed E-state index contributed by atoms with van der Waals surface area (Å²) in [6, 6.07) is 13.4. The largest absolute Gasteiger partial charge is 0.492 e. The number of hydrogen-bond acceptors (Lipinski definition) is 4. The van der Waals surface area contributed by atoms with Crippen molar-refractivity contribution in [1.29, 1.82) is 0 Å². The second-order valence-corrected chi connectivity index (χ2v) is 8.31. The molecule has 7 heteroatoms. The summed E-state index contributed by atoms with van der Waals surface area (Å²) in [4.78, 5) is 18.2. The lowest BCUT2D eigenvalue weighted by Gasteiger charge is -2.07. The van der Waals surface area contributed by atoms with Crippen LogP contribution >= 0.6 is 34.3 Å². The molecule has 0 atom stereocenters. The number of carbonyl (C=O) groups is 1. The normalized spacial score (nSPS) is 11.8. The number of benzene rings is 2. The number of terminal acetylenes is 1. The quantitative estimate of drug-likeness (QED) is 0.413. The van der Waals surface area contributed by atoms with Gasteiger partial charge in [-0.3, -0.25) is 4.79 Å². The van der Waals surface area contributed by atoms with Crippen LogP contribution in [0.2, 0.25) is 5.02 Å². The highest BCUT2D eigenvalue weighted by Gasteiger charge is 2.18. The molecule has 0 aliphatic rings. The van der Waals surface area contributed by atoms with Gasteiger partial charge < -0.3 is 9.30 Å².